The van der Waals surface area contributed by atoms with E-state index in [1.807, 2.05) is 116 Å². The van der Waals surface area contributed by atoms with Crippen LogP contribution in [0.2, 0.25) is 0 Å². The number of alkyl halides is 12. The van der Waals surface area contributed by atoms with Gasteiger partial charge in [0.2, 0.25) is 0 Å². The van der Waals surface area contributed by atoms with Crippen LogP contribution < -0.4 is 5.46 Å². The first-order chi connectivity index (χ1) is 37.7. The van der Waals surface area contributed by atoms with Crippen LogP contribution in [-0.2, 0) is 48.9 Å². The number of methoxy groups -OCH3 is 1. The molecule has 1 aliphatic rings. The summed E-state index contributed by atoms with van der Waals surface area (Å²) in [7, 11) is 0.839. The maximum atomic E-state index is 13.2. The monoisotopic (exact) mass is 1170 g/mol. The Morgan fingerprint density at radius 3 is 1.16 bits per heavy atom. The number of aliphatic hydroxyl groups is 2. The lowest BCUT2D eigenvalue weighted by molar-refractivity contribution is -0.370. The minimum atomic E-state index is -5.84. The molecule has 450 valence electrons. The van der Waals surface area contributed by atoms with Gasteiger partial charge in [0.25, 0.3) is 11.2 Å². The Bertz CT molecular complexity index is 2960. The molecule has 0 amide bonds. The summed E-state index contributed by atoms with van der Waals surface area (Å²) in [5, 5.41) is 19.1. The van der Waals surface area contributed by atoms with Crippen LogP contribution in [0.1, 0.15) is 155 Å². The van der Waals surface area contributed by atoms with E-state index in [2.05, 4.69) is 26.0 Å². The fourth-order valence-electron chi connectivity index (χ4n) is 11.1. The minimum Gasteiger partial charge on any atom is -0.469 e. The highest BCUT2D eigenvalue weighted by atomic mass is 19.4. The van der Waals surface area contributed by atoms with Crippen molar-refractivity contribution in [3.63, 3.8) is 0 Å². The van der Waals surface area contributed by atoms with Gasteiger partial charge in [-0.1, -0.05) is 130 Å². The van der Waals surface area contributed by atoms with Crippen LogP contribution in [0, 0.1) is 27.7 Å². The maximum absolute atomic E-state index is 13.2. The highest BCUT2D eigenvalue weighted by Gasteiger charge is 2.70. The molecule has 0 saturated carbocycles. The normalized spacial score (nSPS) is 15.3. The summed E-state index contributed by atoms with van der Waals surface area (Å²) in [5.74, 6) is -0.314. The van der Waals surface area contributed by atoms with E-state index in [0.29, 0.717) is 35.1 Å². The molecule has 82 heavy (non-hydrogen) atoms. The molecule has 19 heteroatoms. The molecular formula is C63H75BF12O6. The second kappa shape index (κ2) is 24.7. The maximum Gasteiger partial charge on any atom is 0.495 e. The van der Waals surface area contributed by atoms with E-state index < -0.39 is 90.7 Å². The molecule has 1 heterocycles. The molecule has 0 radical (unpaired) electrons. The highest BCUT2D eigenvalue weighted by Crippen LogP contribution is 2.49. The van der Waals surface area contributed by atoms with Crippen LogP contribution >= 0.6 is 0 Å². The van der Waals surface area contributed by atoms with Gasteiger partial charge in [-0.25, -0.2) is 0 Å². The van der Waals surface area contributed by atoms with E-state index in [0.717, 1.165) is 68.4 Å². The van der Waals surface area contributed by atoms with Crippen LogP contribution in [0.15, 0.2) is 97.1 Å². The van der Waals surface area contributed by atoms with E-state index in [1.54, 1.807) is 38.1 Å². The van der Waals surface area contributed by atoms with E-state index in [-0.39, 0.29) is 12.4 Å². The summed E-state index contributed by atoms with van der Waals surface area (Å²) < 4.78 is 175. The van der Waals surface area contributed by atoms with Crippen molar-refractivity contribution >= 4 is 18.6 Å². The van der Waals surface area contributed by atoms with Crippen LogP contribution in [-0.4, -0.2) is 77.5 Å². The zero-order valence-corrected chi connectivity index (χ0v) is 48.7. The van der Waals surface area contributed by atoms with Gasteiger partial charge in [-0.3, -0.25) is 4.79 Å². The number of ether oxygens (including phenoxy) is 1. The summed E-state index contributed by atoms with van der Waals surface area (Å²) in [6.45, 7) is 23.5. The molecular weight excluding hydrogens is 1090 g/mol. The Hall–Kier alpha value is -5.37. The molecule has 5 aromatic rings. The fraction of sp³-hybridized carbons (Fsp3) is 0.508. The Kier molecular flexibility index (Phi) is 20.3. The van der Waals surface area contributed by atoms with Crippen molar-refractivity contribution in [2.75, 3.05) is 7.11 Å². The Morgan fingerprint density at radius 1 is 0.500 bits per heavy atom. The van der Waals surface area contributed by atoms with Gasteiger partial charge in [-0.05, 0) is 179 Å². The van der Waals surface area contributed by atoms with Gasteiger partial charge < -0.3 is 24.3 Å². The number of aryl methyl sites for hydroxylation is 6. The fourth-order valence-corrected chi connectivity index (χ4v) is 11.1. The summed E-state index contributed by atoms with van der Waals surface area (Å²) in [4.78, 5) is 11.6. The summed E-state index contributed by atoms with van der Waals surface area (Å²) in [6.07, 6.45) is -24.5. The Morgan fingerprint density at radius 2 is 0.841 bits per heavy atom. The predicted octanol–water partition coefficient (Wildman–Crippen LogP) is 16.1. The molecule has 1 saturated heterocycles. The third-order valence-electron chi connectivity index (χ3n) is 17.5. The Balaban J connectivity index is 0.000000301. The molecule has 0 unspecified atom stereocenters. The lowest BCUT2D eigenvalue weighted by Crippen LogP contribution is -2.57. The van der Waals surface area contributed by atoms with E-state index in [9.17, 15) is 67.7 Å². The zero-order valence-electron chi connectivity index (χ0n) is 48.7. The summed E-state index contributed by atoms with van der Waals surface area (Å²) in [5.41, 5.74) is 0.150. The average molecular weight is 1170 g/mol. The number of benzene rings is 5. The molecule has 0 aromatic heterocycles. The van der Waals surface area contributed by atoms with Gasteiger partial charge in [-0.2, -0.15) is 52.7 Å². The van der Waals surface area contributed by atoms with Crippen molar-refractivity contribution in [1.29, 1.82) is 0 Å². The molecule has 2 N–H and O–H groups in total. The largest absolute Gasteiger partial charge is 0.495 e. The number of carbonyl (C=O) groups excluding carboxylic acids is 1. The predicted molar refractivity (Wildman–Crippen MR) is 295 cm³/mol. The average Bonchev–Trinajstić information content (AvgIpc) is 3.82. The number of esters is 1. The second-order valence-electron chi connectivity index (χ2n) is 22.7. The van der Waals surface area contributed by atoms with Crippen molar-refractivity contribution in [1.82, 2.24) is 0 Å². The lowest BCUT2D eigenvalue weighted by atomic mass is 9.67. The van der Waals surface area contributed by atoms with Crippen LogP contribution in [0.5, 0.6) is 0 Å². The molecule has 0 bridgehead atoms. The minimum absolute atomic E-state index is 0.188. The van der Waals surface area contributed by atoms with Crippen LogP contribution in [0.25, 0.3) is 11.1 Å². The topological polar surface area (TPSA) is 85.2 Å². The van der Waals surface area contributed by atoms with Gasteiger partial charge in [0, 0.05) is 10.8 Å². The molecule has 0 atom stereocenters. The summed E-state index contributed by atoms with van der Waals surface area (Å²) >= 11 is 0. The highest BCUT2D eigenvalue weighted by molar-refractivity contribution is 6.62. The molecule has 0 aliphatic carbocycles. The van der Waals surface area contributed by atoms with Crippen LogP contribution in [0.4, 0.5) is 52.7 Å². The molecule has 1 aliphatic heterocycles. The second-order valence-corrected chi connectivity index (χ2v) is 22.7. The first-order valence-corrected chi connectivity index (χ1v) is 27.3. The third-order valence-corrected chi connectivity index (χ3v) is 17.5. The summed E-state index contributed by atoms with van der Waals surface area (Å²) in [6, 6.07) is 30.3. The zero-order chi connectivity index (χ0) is 62.0. The van der Waals surface area contributed by atoms with Crippen molar-refractivity contribution < 1.29 is 81.7 Å². The van der Waals surface area contributed by atoms with Crippen molar-refractivity contribution in [2.24, 2.45) is 0 Å². The standard InChI is InChI=1S/C33H36F6O3.C30H39BF6O3/c1-6-30(7-2,26-13-12-24(21(3)18-26)16-17-31(41,32(34,35)36)33(37,38)39)27-14-15-28(22(4)19-27)25-10-8-23(9-11-25)20-29(40)42-5;1-9-27(10-2,23-13-14-24(20(4)18-23)31-39-25(5,6)26(7,8)40-31)22-12-11-21(19(3)17-22)15-16-28(38,29(32,33)34)30(35,36)37/h8-15,18-19,41H,6-7,16-17,20H2,1-5H3;11-14,17-18,38H,9-10,15-16H2,1-8H3. The SMILES string of the molecule is CCC(CC)(c1ccc(CCC(O)(C(F)(F)F)C(F)(F)F)c(C)c1)c1ccc(-c2ccc(CC(=O)OC)cc2)c(C)c1.CCC(CC)(c1ccc(CCC(O)(C(F)(F)F)C(F)(F)F)c(C)c1)c1ccc(B2OC(C)(C)C(C)(C)O2)c(C)c1. The number of hydrogen-bond acceptors (Lipinski definition) is 6. The number of hydrogen-bond donors (Lipinski definition) is 2. The van der Waals surface area contributed by atoms with Gasteiger partial charge in [-0.15, -0.1) is 0 Å². The van der Waals surface area contributed by atoms with E-state index in [1.165, 1.54) is 7.11 Å². The number of halogens is 12. The van der Waals surface area contributed by atoms with Crippen molar-refractivity contribution in [3.05, 3.63) is 158 Å². The van der Waals surface area contributed by atoms with E-state index in [4.69, 9.17) is 14.0 Å². The van der Waals surface area contributed by atoms with Gasteiger partial charge in [0.15, 0.2) is 0 Å². The molecule has 1 fully saturated rings. The smallest absolute Gasteiger partial charge is 0.469 e. The molecule has 5 aromatic carbocycles. The number of carbonyl (C=O) groups is 1. The van der Waals surface area contributed by atoms with Crippen molar-refractivity contribution in [2.45, 2.75) is 199 Å². The molecule has 0 spiro atoms. The van der Waals surface area contributed by atoms with Gasteiger partial charge in [0.05, 0.1) is 24.7 Å². The van der Waals surface area contributed by atoms with E-state index >= 15 is 0 Å². The Labute approximate surface area is 474 Å². The van der Waals surface area contributed by atoms with Gasteiger partial charge >= 0.3 is 37.8 Å². The van der Waals surface area contributed by atoms with Gasteiger partial charge in [0.1, 0.15) is 0 Å². The number of rotatable bonds is 18. The van der Waals surface area contributed by atoms with Crippen LogP contribution in [0.3, 0.4) is 0 Å². The quantitative estimate of drug-likeness (QED) is 0.0517. The molecule has 6 rings (SSSR count). The lowest BCUT2D eigenvalue weighted by Gasteiger charge is -2.35. The van der Waals surface area contributed by atoms with Crippen molar-refractivity contribution in [3.8, 4) is 11.1 Å². The first-order valence-electron chi connectivity index (χ1n) is 27.3. The third kappa shape index (κ3) is 13.4. The molecule has 6 nitrogen and oxygen atoms in total. The first kappa shape index (κ1) is 67.4.